The Bertz CT molecular complexity index is 281. The maximum absolute atomic E-state index is 10.8. The molecule has 0 unspecified atom stereocenters. The Labute approximate surface area is 138 Å². The average Bonchev–Trinajstić information content (AvgIpc) is 2.54. The van der Waals surface area contributed by atoms with Crippen molar-refractivity contribution < 1.29 is 9.53 Å². The molecule has 0 rings (SSSR count). The first kappa shape index (κ1) is 20.9. The van der Waals surface area contributed by atoms with Crippen LogP contribution in [-0.2, 0) is 9.53 Å². The van der Waals surface area contributed by atoms with Gasteiger partial charge >= 0.3 is 5.97 Å². The summed E-state index contributed by atoms with van der Waals surface area (Å²) in [5, 5.41) is 0. The fourth-order valence-corrected chi connectivity index (χ4v) is 2.45. The van der Waals surface area contributed by atoms with E-state index < -0.39 is 0 Å². The van der Waals surface area contributed by atoms with Gasteiger partial charge in [-0.3, -0.25) is 0 Å². The molecule has 0 aliphatic rings. The van der Waals surface area contributed by atoms with E-state index in [1.54, 1.807) is 0 Å². The van der Waals surface area contributed by atoms with E-state index in [-0.39, 0.29) is 5.97 Å². The van der Waals surface area contributed by atoms with Crippen LogP contribution >= 0.6 is 0 Å². The van der Waals surface area contributed by atoms with Gasteiger partial charge in [0.05, 0.1) is 6.61 Å². The average molecular weight is 309 g/mol. The standard InChI is InChI=1S/C20H36O2/c1-3-5-6-7-8-9-10-11-12-13-14-15-16-17-18-19-22-20(21)4-2/h4,16-17H,2-3,5-15,18-19H2,1H3/b17-16+. The predicted molar refractivity (Wildman–Crippen MR) is 96.0 cm³/mol. The second-order valence-corrected chi connectivity index (χ2v) is 5.96. The number of carbonyl (C=O) groups excluding carboxylic acids is 1. The first-order valence-corrected chi connectivity index (χ1v) is 9.25. The van der Waals surface area contributed by atoms with E-state index in [9.17, 15) is 4.79 Å². The zero-order valence-corrected chi connectivity index (χ0v) is 14.7. The van der Waals surface area contributed by atoms with Crippen molar-refractivity contribution in [2.24, 2.45) is 0 Å². The lowest BCUT2D eigenvalue weighted by Gasteiger charge is -2.01. The van der Waals surface area contributed by atoms with Gasteiger partial charge in [-0.15, -0.1) is 0 Å². The molecule has 2 heteroatoms. The van der Waals surface area contributed by atoms with Crippen LogP contribution in [0.5, 0.6) is 0 Å². The SMILES string of the molecule is C=CC(=O)OCC/C=C/CCCCCCCCCCCCC. The Morgan fingerprint density at radius 1 is 0.818 bits per heavy atom. The van der Waals surface area contributed by atoms with Crippen LogP contribution in [0.15, 0.2) is 24.8 Å². The van der Waals surface area contributed by atoms with Crippen molar-refractivity contribution in [1.29, 1.82) is 0 Å². The van der Waals surface area contributed by atoms with Crippen molar-refractivity contribution in [1.82, 2.24) is 0 Å². The molecular weight excluding hydrogens is 272 g/mol. The maximum atomic E-state index is 10.8. The lowest BCUT2D eigenvalue weighted by Crippen LogP contribution is -2.00. The lowest BCUT2D eigenvalue weighted by atomic mass is 10.1. The summed E-state index contributed by atoms with van der Waals surface area (Å²) >= 11 is 0. The van der Waals surface area contributed by atoms with E-state index >= 15 is 0 Å². The normalized spacial score (nSPS) is 11.0. The van der Waals surface area contributed by atoms with Crippen LogP contribution in [0.1, 0.15) is 90.4 Å². The number of hydrogen-bond donors (Lipinski definition) is 0. The highest BCUT2D eigenvalue weighted by molar-refractivity contribution is 5.81. The summed E-state index contributed by atoms with van der Waals surface area (Å²) in [6.45, 7) is 6.09. The summed E-state index contributed by atoms with van der Waals surface area (Å²) in [5.74, 6) is -0.334. The van der Waals surface area contributed by atoms with E-state index in [2.05, 4.69) is 25.7 Å². The highest BCUT2D eigenvalue weighted by Gasteiger charge is 1.93. The molecule has 0 aromatic carbocycles. The van der Waals surface area contributed by atoms with Gasteiger partial charge in [-0.05, 0) is 19.3 Å². The largest absolute Gasteiger partial charge is 0.462 e. The van der Waals surface area contributed by atoms with Crippen molar-refractivity contribution >= 4 is 5.97 Å². The zero-order valence-electron chi connectivity index (χ0n) is 14.7. The van der Waals surface area contributed by atoms with Gasteiger partial charge in [-0.2, -0.15) is 0 Å². The van der Waals surface area contributed by atoms with Gasteiger partial charge in [0, 0.05) is 6.08 Å². The molecule has 128 valence electrons. The number of esters is 1. The lowest BCUT2D eigenvalue weighted by molar-refractivity contribution is -0.137. The minimum atomic E-state index is -0.334. The molecule has 0 radical (unpaired) electrons. The molecule has 0 amide bonds. The monoisotopic (exact) mass is 308 g/mol. The van der Waals surface area contributed by atoms with Crippen LogP contribution in [0.2, 0.25) is 0 Å². The number of unbranched alkanes of at least 4 members (excludes halogenated alkanes) is 11. The van der Waals surface area contributed by atoms with Crippen LogP contribution in [0.4, 0.5) is 0 Å². The number of ether oxygens (including phenoxy) is 1. The quantitative estimate of drug-likeness (QED) is 0.143. The molecular formula is C20H36O2. The van der Waals surface area contributed by atoms with Gasteiger partial charge in [0.15, 0.2) is 0 Å². The molecule has 0 bridgehead atoms. The van der Waals surface area contributed by atoms with Crippen LogP contribution in [0.3, 0.4) is 0 Å². The first-order chi connectivity index (χ1) is 10.8. The van der Waals surface area contributed by atoms with Crippen molar-refractivity contribution in [2.75, 3.05) is 6.61 Å². The summed E-state index contributed by atoms with van der Waals surface area (Å²) in [6, 6.07) is 0. The number of allylic oxidation sites excluding steroid dienone is 1. The summed E-state index contributed by atoms with van der Waals surface area (Å²) in [4.78, 5) is 10.8. The Balaban J connectivity index is 3.10. The third-order valence-electron chi connectivity index (χ3n) is 3.84. The van der Waals surface area contributed by atoms with Crippen molar-refractivity contribution in [3.8, 4) is 0 Å². The molecule has 0 aliphatic heterocycles. The van der Waals surface area contributed by atoms with E-state index in [1.807, 2.05) is 0 Å². The molecule has 0 aromatic heterocycles. The molecule has 22 heavy (non-hydrogen) atoms. The topological polar surface area (TPSA) is 26.3 Å². The van der Waals surface area contributed by atoms with Gasteiger partial charge in [0.2, 0.25) is 0 Å². The van der Waals surface area contributed by atoms with Gasteiger partial charge < -0.3 is 4.74 Å². The van der Waals surface area contributed by atoms with Crippen molar-refractivity contribution in [3.63, 3.8) is 0 Å². The molecule has 0 saturated heterocycles. The van der Waals surface area contributed by atoms with Crippen LogP contribution < -0.4 is 0 Å². The minimum absolute atomic E-state index is 0.334. The summed E-state index contributed by atoms with van der Waals surface area (Å²) < 4.78 is 4.90. The fourth-order valence-electron chi connectivity index (χ4n) is 2.45. The Morgan fingerprint density at radius 2 is 1.32 bits per heavy atom. The number of rotatable bonds is 16. The second kappa shape index (κ2) is 18.0. The predicted octanol–water partition coefficient (Wildman–Crippen LogP) is 6.36. The highest BCUT2D eigenvalue weighted by atomic mass is 16.5. The van der Waals surface area contributed by atoms with Crippen LogP contribution in [0, 0.1) is 0 Å². The van der Waals surface area contributed by atoms with Gasteiger partial charge in [0.25, 0.3) is 0 Å². The van der Waals surface area contributed by atoms with E-state index in [4.69, 9.17) is 4.74 Å². The molecule has 0 heterocycles. The number of carbonyl (C=O) groups is 1. The Morgan fingerprint density at radius 3 is 1.86 bits per heavy atom. The zero-order chi connectivity index (χ0) is 16.3. The number of hydrogen-bond acceptors (Lipinski definition) is 2. The van der Waals surface area contributed by atoms with E-state index in [0.29, 0.717) is 6.61 Å². The fraction of sp³-hybridized carbons (Fsp3) is 0.750. The summed E-state index contributed by atoms with van der Waals surface area (Å²) in [5.41, 5.74) is 0. The van der Waals surface area contributed by atoms with E-state index in [1.165, 1.54) is 76.7 Å². The Kier molecular flexibility index (Phi) is 17.1. The molecule has 0 N–H and O–H groups in total. The molecule has 0 fully saturated rings. The van der Waals surface area contributed by atoms with Crippen molar-refractivity contribution in [2.45, 2.75) is 90.4 Å². The minimum Gasteiger partial charge on any atom is -0.462 e. The van der Waals surface area contributed by atoms with Crippen LogP contribution in [-0.4, -0.2) is 12.6 Å². The molecule has 0 aliphatic carbocycles. The summed E-state index contributed by atoms with van der Waals surface area (Å²) in [7, 11) is 0. The molecule has 0 saturated carbocycles. The van der Waals surface area contributed by atoms with Gasteiger partial charge in [-0.25, -0.2) is 4.79 Å². The maximum Gasteiger partial charge on any atom is 0.330 e. The highest BCUT2D eigenvalue weighted by Crippen LogP contribution is 2.12. The first-order valence-electron chi connectivity index (χ1n) is 9.25. The van der Waals surface area contributed by atoms with Gasteiger partial charge in [0.1, 0.15) is 0 Å². The summed E-state index contributed by atoms with van der Waals surface area (Å²) in [6.07, 6.45) is 22.7. The third kappa shape index (κ3) is 17.0. The second-order valence-electron chi connectivity index (χ2n) is 5.96. The van der Waals surface area contributed by atoms with Crippen molar-refractivity contribution in [3.05, 3.63) is 24.8 Å². The molecule has 0 spiro atoms. The smallest absolute Gasteiger partial charge is 0.330 e. The van der Waals surface area contributed by atoms with Crippen LogP contribution in [0.25, 0.3) is 0 Å². The van der Waals surface area contributed by atoms with E-state index in [0.717, 1.165) is 12.8 Å². The third-order valence-corrected chi connectivity index (χ3v) is 3.84. The van der Waals surface area contributed by atoms with Gasteiger partial charge in [-0.1, -0.05) is 89.9 Å². The molecule has 0 atom stereocenters. The molecule has 2 nitrogen and oxygen atoms in total. The molecule has 0 aromatic rings. The Hall–Kier alpha value is -1.05.